The summed E-state index contributed by atoms with van der Waals surface area (Å²) in [4.78, 5) is 0. The second-order valence-corrected chi connectivity index (χ2v) is 4.99. The van der Waals surface area contributed by atoms with Crippen LogP contribution in [0.25, 0.3) is 0 Å². The van der Waals surface area contributed by atoms with Gasteiger partial charge in [-0.1, -0.05) is 0 Å². The number of aliphatic hydroxyl groups is 1. The number of rotatable bonds is 4. The maximum atomic E-state index is 9.37. The van der Waals surface area contributed by atoms with Crippen LogP contribution in [0.15, 0.2) is 6.20 Å². The van der Waals surface area contributed by atoms with Gasteiger partial charge in [0.1, 0.15) is 0 Å². The highest BCUT2D eigenvalue weighted by molar-refractivity contribution is 5.22. The molecule has 0 spiro atoms. The van der Waals surface area contributed by atoms with Crippen molar-refractivity contribution >= 4 is 0 Å². The molecule has 1 aliphatic heterocycles. The minimum absolute atomic E-state index is 0.238. The first-order chi connectivity index (χ1) is 8.16. The van der Waals surface area contributed by atoms with E-state index in [1.54, 1.807) is 0 Å². The van der Waals surface area contributed by atoms with Gasteiger partial charge in [-0.2, -0.15) is 5.10 Å². The molecule has 1 N–H and O–H groups in total. The number of aromatic nitrogens is 2. The normalized spacial score (nSPS) is 19.5. The zero-order valence-electron chi connectivity index (χ0n) is 10.7. The lowest BCUT2D eigenvalue weighted by atomic mass is 9.92. The Balaban J connectivity index is 2.08. The molecule has 1 aromatic heterocycles. The summed E-state index contributed by atoms with van der Waals surface area (Å²) < 4.78 is 7.28. The van der Waals surface area contributed by atoms with Crippen LogP contribution in [0.2, 0.25) is 0 Å². The Hall–Kier alpha value is -0.870. The number of ether oxygens (including phenoxy) is 1. The quantitative estimate of drug-likeness (QED) is 0.867. The molecule has 0 aromatic carbocycles. The molecule has 0 radical (unpaired) electrons. The third kappa shape index (κ3) is 3.30. The molecule has 0 saturated carbocycles. The molecule has 2 rings (SSSR count). The van der Waals surface area contributed by atoms with E-state index in [-0.39, 0.29) is 6.10 Å². The number of hydrogen-bond donors (Lipinski definition) is 1. The van der Waals surface area contributed by atoms with Crippen molar-refractivity contribution in [3.8, 4) is 0 Å². The summed E-state index contributed by atoms with van der Waals surface area (Å²) >= 11 is 0. The maximum Gasteiger partial charge on any atom is 0.0689 e. The molecule has 0 unspecified atom stereocenters. The monoisotopic (exact) mass is 238 g/mol. The molecule has 0 amide bonds. The molecular formula is C13H22N2O2. The average Bonchev–Trinajstić information content (AvgIpc) is 2.69. The van der Waals surface area contributed by atoms with E-state index in [2.05, 4.69) is 11.3 Å². The Labute approximate surface area is 103 Å². The molecule has 4 heteroatoms. The molecular weight excluding hydrogens is 216 g/mol. The molecule has 2 heterocycles. The highest BCUT2D eigenvalue weighted by atomic mass is 16.5. The van der Waals surface area contributed by atoms with E-state index in [0.717, 1.165) is 38.9 Å². The number of aliphatic hydroxyl groups excluding tert-OH is 1. The summed E-state index contributed by atoms with van der Waals surface area (Å²) in [6.45, 7) is 3.53. The third-order valence-corrected chi connectivity index (χ3v) is 3.38. The van der Waals surface area contributed by atoms with Gasteiger partial charge in [-0.05, 0) is 38.2 Å². The topological polar surface area (TPSA) is 47.3 Å². The summed E-state index contributed by atoms with van der Waals surface area (Å²) in [6, 6.07) is 0. The summed E-state index contributed by atoms with van der Waals surface area (Å²) in [5.74, 6) is 0.536. The Morgan fingerprint density at radius 1 is 1.53 bits per heavy atom. The molecule has 0 aliphatic carbocycles. The van der Waals surface area contributed by atoms with Gasteiger partial charge in [-0.25, -0.2) is 0 Å². The van der Waals surface area contributed by atoms with Crippen LogP contribution in [0, 0.1) is 0 Å². The van der Waals surface area contributed by atoms with Gasteiger partial charge in [-0.15, -0.1) is 0 Å². The Bertz CT molecular complexity index is 354. The Morgan fingerprint density at radius 2 is 2.24 bits per heavy atom. The number of aryl methyl sites for hydroxylation is 2. The van der Waals surface area contributed by atoms with E-state index in [1.807, 2.05) is 18.7 Å². The minimum Gasteiger partial charge on any atom is -0.393 e. The van der Waals surface area contributed by atoms with Crippen LogP contribution in [0.1, 0.15) is 43.4 Å². The predicted molar refractivity (Wildman–Crippen MR) is 66.0 cm³/mol. The van der Waals surface area contributed by atoms with Crippen LogP contribution in [0.5, 0.6) is 0 Å². The van der Waals surface area contributed by atoms with E-state index in [1.165, 1.54) is 11.3 Å². The van der Waals surface area contributed by atoms with Crippen LogP contribution in [-0.4, -0.2) is 34.2 Å². The molecule has 1 aromatic rings. The van der Waals surface area contributed by atoms with Crippen molar-refractivity contribution < 1.29 is 9.84 Å². The lowest BCUT2D eigenvalue weighted by Crippen LogP contribution is -2.16. The van der Waals surface area contributed by atoms with Crippen molar-refractivity contribution in [1.82, 2.24) is 9.78 Å². The fourth-order valence-corrected chi connectivity index (χ4v) is 2.43. The fraction of sp³-hybridized carbons (Fsp3) is 0.769. The first-order valence-electron chi connectivity index (χ1n) is 6.45. The van der Waals surface area contributed by atoms with Gasteiger partial charge in [0.15, 0.2) is 0 Å². The maximum absolute atomic E-state index is 9.37. The van der Waals surface area contributed by atoms with Crippen LogP contribution in [0.4, 0.5) is 0 Å². The second-order valence-electron chi connectivity index (χ2n) is 4.99. The molecule has 1 saturated heterocycles. The zero-order chi connectivity index (χ0) is 12.3. The molecule has 0 bridgehead atoms. The van der Waals surface area contributed by atoms with Gasteiger partial charge in [0.2, 0.25) is 0 Å². The molecule has 17 heavy (non-hydrogen) atoms. The zero-order valence-corrected chi connectivity index (χ0v) is 10.7. The van der Waals surface area contributed by atoms with Crippen molar-refractivity contribution in [1.29, 1.82) is 0 Å². The molecule has 4 nitrogen and oxygen atoms in total. The largest absolute Gasteiger partial charge is 0.393 e. The first-order valence-corrected chi connectivity index (χ1v) is 6.45. The summed E-state index contributed by atoms with van der Waals surface area (Å²) in [6.07, 6.45) is 5.71. The van der Waals surface area contributed by atoms with Gasteiger partial charge in [0.25, 0.3) is 0 Å². The fourth-order valence-electron chi connectivity index (χ4n) is 2.43. The summed E-state index contributed by atoms with van der Waals surface area (Å²) in [5.41, 5.74) is 2.51. The first kappa shape index (κ1) is 12.6. The molecule has 1 atom stereocenters. The average molecular weight is 238 g/mol. The van der Waals surface area contributed by atoms with Crippen molar-refractivity contribution in [2.45, 2.75) is 44.6 Å². The van der Waals surface area contributed by atoms with Gasteiger partial charge in [0.05, 0.1) is 11.8 Å². The SMILES string of the molecule is C[C@@H](O)CCc1cn(C)nc1C1CCOCC1. The van der Waals surface area contributed by atoms with Crippen molar-refractivity contribution in [2.24, 2.45) is 7.05 Å². The van der Waals surface area contributed by atoms with Crippen LogP contribution in [0.3, 0.4) is 0 Å². The predicted octanol–water partition coefficient (Wildman–Crippen LogP) is 1.63. The second kappa shape index (κ2) is 5.65. The van der Waals surface area contributed by atoms with E-state index >= 15 is 0 Å². The third-order valence-electron chi connectivity index (χ3n) is 3.38. The van der Waals surface area contributed by atoms with E-state index in [4.69, 9.17) is 4.74 Å². The van der Waals surface area contributed by atoms with Gasteiger partial charge in [0, 0.05) is 32.4 Å². The standard InChI is InChI=1S/C13H22N2O2/c1-10(16)3-4-12-9-15(2)14-13(12)11-5-7-17-8-6-11/h9-11,16H,3-8H2,1-2H3/t10-/m1/s1. The molecule has 96 valence electrons. The highest BCUT2D eigenvalue weighted by Gasteiger charge is 2.21. The van der Waals surface area contributed by atoms with Crippen molar-refractivity contribution in [3.05, 3.63) is 17.5 Å². The van der Waals surface area contributed by atoms with Crippen LogP contribution < -0.4 is 0 Å². The van der Waals surface area contributed by atoms with Gasteiger partial charge >= 0.3 is 0 Å². The van der Waals surface area contributed by atoms with E-state index in [9.17, 15) is 5.11 Å². The molecule has 1 aliphatic rings. The van der Waals surface area contributed by atoms with Crippen LogP contribution >= 0.6 is 0 Å². The van der Waals surface area contributed by atoms with Gasteiger partial charge in [-0.3, -0.25) is 4.68 Å². The smallest absolute Gasteiger partial charge is 0.0689 e. The van der Waals surface area contributed by atoms with Crippen molar-refractivity contribution in [2.75, 3.05) is 13.2 Å². The summed E-state index contributed by atoms with van der Waals surface area (Å²) in [7, 11) is 1.97. The Kier molecular flexibility index (Phi) is 4.18. The van der Waals surface area contributed by atoms with Crippen molar-refractivity contribution in [3.63, 3.8) is 0 Å². The minimum atomic E-state index is -0.238. The molecule has 1 fully saturated rings. The Morgan fingerprint density at radius 3 is 2.88 bits per heavy atom. The van der Waals surface area contributed by atoms with Gasteiger partial charge < -0.3 is 9.84 Å². The number of hydrogen-bond acceptors (Lipinski definition) is 3. The number of nitrogens with zero attached hydrogens (tertiary/aromatic N) is 2. The van der Waals surface area contributed by atoms with Crippen LogP contribution in [-0.2, 0) is 18.2 Å². The highest BCUT2D eigenvalue weighted by Crippen LogP contribution is 2.28. The lowest BCUT2D eigenvalue weighted by Gasteiger charge is -2.21. The summed E-state index contributed by atoms with van der Waals surface area (Å²) in [5, 5.41) is 14.0. The van der Waals surface area contributed by atoms with E-state index < -0.39 is 0 Å². The van der Waals surface area contributed by atoms with E-state index in [0.29, 0.717) is 5.92 Å². The lowest BCUT2D eigenvalue weighted by molar-refractivity contribution is 0.0841.